The van der Waals surface area contributed by atoms with Gasteiger partial charge in [0.25, 0.3) is 5.91 Å². The predicted octanol–water partition coefficient (Wildman–Crippen LogP) is 5.58. The van der Waals surface area contributed by atoms with E-state index < -0.39 is 0 Å². The monoisotopic (exact) mass is 626 g/mol. The molecule has 1 saturated heterocycles. The molecular weight excluding hydrogens is 588 g/mol. The number of rotatable bonds is 8. The van der Waals surface area contributed by atoms with Crippen molar-refractivity contribution in [1.82, 2.24) is 33.8 Å². The van der Waals surface area contributed by atoms with Gasteiger partial charge in [-0.05, 0) is 80.8 Å². The molecule has 2 N–H and O–H groups in total. The van der Waals surface area contributed by atoms with E-state index in [1.54, 1.807) is 7.11 Å². The van der Waals surface area contributed by atoms with Crippen LogP contribution in [-0.2, 0) is 13.1 Å². The van der Waals surface area contributed by atoms with Crippen molar-refractivity contribution >= 4 is 27.8 Å². The Labute approximate surface area is 272 Å². The van der Waals surface area contributed by atoms with Crippen molar-refractivity contribution < 1.29 is 9.53 Å². The van der Waals surface area contributed by atoms with E-state index in [4.69, 9.17) is 15.5 Å². The molecule has 6 aromatic rings. The fraction of sp³-hybridized carbons (Fsp3) is 0.351. The molecule has 5 heterocycles. The Balaban J connectivity index is 1.19. The molecule has 0 radical (unpaired) electrons. The summed E-state index contributed by atoms with van der Waals surface area (Å²) in [6.07, 6.45) is 10.3. The molecule has 0 spiro atoms. The number of likely N-dealkylation sites (tertiary alicyclic amines) is 1. The lowest BCUT2D eigenvalue weighted by atomic mass is 10.1. The number of ether oxygens (including phenoxy) is 1. The molecular formula is C37H38N8O2. The summed E-state index contributed by atoms with van der Waals surface area (Å²) < 4.78 is 12.6. The Kier molecular flexibility index (Phi) is 6.50. The van der Waals surface area contributed by atoms with Crippen LogP contribution < -0.4 is 10.5 Å². The fourth-order valence-electron chi connectivity index (χ4n) is 7.82. The van der Waals surface area contributed by atoms with Crippen LogP contribution in [0.2, 0.25) is 0 Å². The van der Waals surface area contributed by atoms with E-state index in [0.29, 0.717) is 36.2 Å². The summed E-state index contributed by atoms with van der Waals surface area (Å²) in [6.45, 7) is 4.16. The third-order valence-electron chi connectivity index (χ3n) is 10.5. The minimum atomic E-state index is -0.000203. The zero-order valence-electron chi connectivity index (χ0n) is 26.7. The number of imidazole rings is 1. The summed E-state index contributed by atoms with van der Waals surface area (Å²) in [7, 11) is 1.67. The third-order valence-corrected chi connectivity index (χ3v) is 10.5. The van der Waals surface area contributed by atoms with Gasteiger partial charge in [-0.15, -0.1) is 0 Å². The fourth-order valence-corrected chi connectivity index (χ4v) is 7.82. The smallest absolute Gasteiger partial charge is 0.254 e. The maximum Gasteiger partial charge on any atom is 0.254 e. The molecule has 10 heteroatoms. The molecule has 9 rings (SSSR count). The molecule has 10 nitrogen and oxygen atoms in total. The summed E-state index contributed by atoms with van der Waals surface area (Å²) in [5.41, 5.74) is 13.8. The first kappa shape index (κ1) is 28.3. The number of benzene rings is 2. The lowest BCUT2D eigenvalue weighted by Crippen LogP contribution is -2.41. The van der Waals surface area contributed by atoms with E-state index in [1.165, 1.54) is 23.7 Å². The molecule has 3 atom stereocenters. The Morgan fingerprint density at radius 2 is 1.89 bits per heavy atom. The highest BCUT2D eigenvalue weighted by molar-refractivity contribution is 6.00. The number of piperidine rings is 1. The number of amides is 1. The number of para-hydroxylation sites is 1. The molecule has 2 saturated carbocycles. The molecule has 3 fully saturated rings. The molecule has 2 bridgehead atoms. The number of aryl methyl sites for hydroxylation is 1. The first-order chi connectivity index (χ1) is 22.9. The molecule has 4 aromatic heterocycles. The standard InChI is InChI=1S/C37H38N8O2/c1-22-7-11-28(17-39-22)45-20-24(16-40-45)19-44-35-29(13-27(15-33(35)47-2)37(46)43-21-26-10-12-31(43)34(26)38)41-36(44)32-14-25-5-3-4-6-30(25)42(32)18-23-8-9-23/h3-7,11,13-17,20,23,26,31,34H,8-10,12,18-19,21,38H2,1-2H3/t26?,31?,34-/m1/s1. The van der Waals surface area contributed by atoms with Crippen molar-refractivity contribution in [2.75, 3.05) is 13.7 Å². The first-order valence-electron chi connectivity index (χ1n) is 16.6. The second-order valence-electron chi connectivity index (χ2n) is 13.6. The van der Waals surface area contributed by atoms with Gasteiger partial charge < -0.3 is 24.5 Å². The topological polar surface area (TPSA) is 109 Å². The van der Waals surface area contributed by atoms with Gasteiger partial charge in [-0.25, -0.2) is 9.67 Å². The quantitative estimate of drug-likeness (QED) is 0.237. The molecule has 1 aliphatic heterocycles. The predicted molar refractivity (Wildman–Crippen MR) is 181 cm³/mol. The van der Waals surface area contributed by atoms with E-state index in [-0.39, 0.29) is 18.0 Å². The summed E-state index contributed by atoms with van der Waals surface area (Å²) in [5.74, 6) is 2.51. The van der Waals surface area contributed by atoms with Crippen molar-refractivity contribution in [2.24, 2.45) is 17.6 Å². The van der Waals surface area contributed by atoms with Crippen molar-refractivity contribution in [1.29, 1.82) is 0 Å². The van der Waals surface area contributed by atoms with Gasteiger partial charge in [-0.1, -0.05) is 18.2 Å². The Morgan fingerprint density at radius 3 is 2.64 bits per heavy atom. The first-order valence-corrected chi connectivity index (χ1v) is 16.6. The number of fused-ring (bicyclic) bond motifs is 4. The zero-order chi connectivity index (χ0) is 31.8. The highest BCUT2D eigenvalue weighted by Crippen LogP contribution is 2.41. The number of carbonyl (C=O) groups is 1. The average Bonchev–Trinajstić information content (AvgIpc) is 3.39. The summed E-state index contributed by atoms with van der Waals surface area (Å²) in [5, 5.41) is 5.86. The zero-order valence-corrected chi connectivity index (χ0v) is 26.7. The van der Waals surface area contributed by atoms with Crippen LogP contribution in [0.5, 0.6) is 5.75 Å². The van der Waals surface area contributed by atoms with E-state index in [0.717, 1.165) is 58.9 Å². The molecule has 2 aromatic carbocycles. The molecule has 2 aliphatic carbocycles. The van der Waals surface area contributed by atoms with E-state index in [1.807, 2.05) is 59.4 Å². The molecule has 1 amide bonds. The van der Waals surface area contributed by atoms with Crippen molar-refractivity contribution in [3.05, 3.63) is 90.0 Å². The van der Waals surface area contributed by atoms with Crippen LogP contribution in [0.25, 0.3) is 39.1 Å². The van der Waals surface area contributed by atoms with Crippen LogP contribution in [0.15, 0.2) is 73.2 Å². The Bertz CT molecular complexity index is 2150. The summed E-state index contributed by atoms with van der Waals surface area (Å²) in [6, 6.07) is 18.8. The van der Waals surface area contributed by atoms with Crippen LogP contribution >= 0.6 is 0 Å². The number of pyridine rings is 1. The van der Waals surface area contributed by atoms with Gasteiger partial charge in [0.2, 0.25) is 0 Å². The average molecular weight is 627 g/mol. The largest absolute Gasteiger partial charge is 0.494 e. The van der Waals surface area contributed by atoms with Gasteiger partial charge in [0.15, 0.2) is 5.82 Å². The van der Waals surface area contributed by atoms with Crippen molar-refractivity contribution in [3.8, 4) is 23.0 Å². The number of hydrogen-bond acceptors (Lipinski definition) is 6. The number of carbonyl (C=O) groups excluding carboxylic acids is 1. The van der Waals surface area contributed by atoms with Gasteiger partial charge >= 0.3 is 0 Å². The molecule has 238 valence electrons. The highest BCUT2D eigenvalue weighted by Gasteiger charge is 2.47. The number of hydrogen-bond donors (Lipinski definition) is 1. The van der Waals surface area contributed by atoms with E-state index in [2.05, 4.69) is 49.5 Å². The second kappa shape index (κ2) is 10.8. The molecule has 2 unspecified atom stereocenters. The maximum atomic E-state index is 14.0. The van der Waals surface area contributed by atoms with Crippen LogP contribution in [0.4, 0.5) is 0 Å². The number of aromatic nitrogens is 6. The Morgan fingerprint density at radius 1 is 1.02 bits per heavy atom. The van der Waals surface area contributed by atoms with Gasteiger partial charge in [-0.2, -0.15) is 5.10 Å². The third kappa shape index (κ3) is 4.73. The van der Waals surface area contributed by atoms with Gasteiger partial charge in [-0.3, -0.25) is 9.78 Å². The van der Waals surface area contributed by atoms with Crippen molar-refractivity contribution in [3.63, 3.8) is 0 Å². The van der Waals surface area contributed by atoms with Gasteiger partial charge in [0, 0.05) is 59.1 Å². The van der Waals surface area contributed by atoms with Crippen LogP contribution in [0.3, 0.4) is 0 Å². The minimum absolute atomic E-state index is 0.000203. The molecule has 47 heavy (non-hydrogen) atoms. The lowest BCUT2D eigenvalue weighted by molar-refractivity contribution is 0.0700. The van der Waals surface area contributed by atoms with Gasteiger partial charge in [0.05, 0.1) is 42.9 Å². The van der Waals surface area contributed by atoms with Crippen LogP contribution in [-0.4, -0.2) is 65.4 Å². The number of nitrogens with zero attached hydrogens (tertiary/aromatic N) is 7. The SMILES string of the molecule is COc1cc(C(=O)N2CC3CCC2[C@@H]3N)cc2nc(-c3cc4ccccc4n3CC3CC3)n(Cc3cnn(-c4ccc(C)nc4)c3)c12. The summed E-state index contributed by atoms with van der Waals surface area (Å²) in [4.78, 5) is 25.7. The van der Waals surface area contributed by atoms with E-state index >= 15 is 0 Å². The van der Waals surface area contributed by atoms with Crippen LogP contribution in [0, 0.1) is 18.8 Å². The summed E-state index contributed by atoms with van der Waals surface area (Å²) >= 11 is 0. The van der Waals surface area contributed by atoms with E-state index in [9.17, 15) is 4.79 Å². The number of nitrogens with two attached hydrogens (primary N) is 1. The van der Waals surface area contributed by atoms with Crippen LogP contribution in [0.1, 0.15) is 47.3 Å². The normalized spacial score (nSPS) is 20.6. The lowest BCUT2D eigenvalue weighted by Gasteiger charge is -2.27. The maximum absolute atomic E-state index is 14.0. The van der Waals surface area contributed by atoms with Gasteiger partial charge in [0.1, 0.15) is 11.3 Å². The minimum Gasteiger partial charge on any atom is -0.494 e. The highest BCUT2D eigenvalue weighted by atomic mass is 16.5. The second-order valence-corrected chi connectivity index (χ2v) is 13.6. The Hall–Kier alpha value is -4.96. The van der Waals surface area contributed by atoms with Crippen molar-refractivity contribution in [2.45, 2.75) is 57.8 Å². The molecule has 3 aliphatic rings. The number of methoxy groups -OCH3 is 1.